The van der Waals surface area contributed by atoms with Crippen molar-refractivity contribution in [1.29, 1.82) is 0 Å². The Morgan fingerprint density at radius 1 is 0.926 bits per heavy atom. The van der Waals surface area contributed by atoms with Crippen LogP contribution in [0.15, 0.2) is 54.9 Å². The van der Waals surface area contributed by atoms with Gasteiger partial charge in [-0.1, -0.05) is 12.1 Å². The molecule has 1 aromatic heterocycles. The van der Waals surface area contributed by atoms with Gasteiger partial charge in [0.15, 0.2) is 0 Å². The number of ether oxygens (including phenoxy) is 2. The lowest BCUT2D eigenvalue weighted by Gasteiger charge is -2.13. The molecule has 0 spiro atoms. The highest BCUT2D eigenvalue weighted by molar-refractivity contribution is 5.95. The predicted octanol–water partition coefficient (Wildman–Crippen LogP) is 3.68. The second-order valence-electron chi connectivity index (χ2n) is 5.46. The smallest absolute Gasteiger partial charge is 0.337 e. The maximum Gasteiger partial charge on any atom is 0.337 e. The van der Waals surface area contributed by atoms with Gasteiger partial charge in [0.1, 0.15) is 29.5 Å². The highest BCUT2D eigenvalue weighted by Crippen LogP contribution is 2.31. The van der Waals surface area contributed by atoms with E-state index in [-0.39, 0.29) is 5.56 Å². The van der Waals surface area contributed by atoms with Crippen molar-refractivity contribution in [3.63, 3.8) is 0 Å². The number of rotatable bonds is 7. The first kappa shape index (κ1) is 18.0. The molecule has 3 N–H and O–H groups in total. The molecule has 0 aliphatic rings. The Kier molecular flexibility index (Phi) is 5.36. The van der Waals surface area contributed by atoms with E-state index >= 15 is 0 Å². The summed E-state index contributed by atoms with van der Waals surface area (Å²) in [5, 5.41) is 15.4. The van der Waals surface area contributed by atoms with Gasteiger partial charge in [0.25, 0.3) is 0 Å². The summed E-state index contributed by atoms with van der Waals surface area (Å²) in [5.41, 5.74) is 1.30. The summed E-state index contributed by atoms with van der Waals surface area (Å²) in [5.74, 6) is 1.22. The molecule has 138 valence electrons. The lowest BCUT2D eigenvalue weighted by Crippen LogP contribution is -2.04. The zero-order valence-corrected chi connectivity index (χ0v) is 14.8. The summed E-state index contributed by atoms with van der Waals surface area (Å²) in [6.45, 7) is 0. The summed E-state index contributed by atoms with van der Waals surface area (Å²) < 4.78 is 10.5. The average Bonchev–Trinajstić information content (AvgIpc) is 2.69. The van der Waals surface area contributed by atoms with Crippen LogP contribution in [0.4, 0.5) is 23.0 Å². The van der Waals surface area contributed by atoms with Gasteiger partial charge in [-0.05, 0) is 24.3 Å². The number of nitrogens with one attached hydrogen (secondary N) is 2. The number of carboxylic acid groups (broad SMARTS) is 1. The molecule has 0 radical (unpaired) electrons. The van der Waals surface area contributed by atoms with E-state index in [1.807, 2.05) is 6.07 Å². The molecule has 2 aromatic carbocycles. The molecular weight excluding hydrogens is 348 g/mol. The molecule has 0 bridgehead atoms. The minimum atomic E-state index is -1.02. The van der Waals surface area contributed by atoms with Crippen LogP contribution in [0, 0.1) is 0 Å². The number of nitrogens with zero attached hydrogens (tertiary/aromatic N) is 2. The van der Waals surface area contributed by atoms with Crippen LogP contribution in [0.2, 0.25) is 0 Å². The summed E-state index contributed by atoms with van der Waals surface area (Å²) in [4.78, 5) is 19.7. The number of carboxylic acids is 1. The van der Waals surface area contributed by atoms with Crippen molar-refractivity contribution in [2.24, 2.45) is 0 Å². The van der Waals surface area contributed by atoms with Gasteiger partial charge in [-0.15, -0.1) is 0 Å². The van der Waals surface area contributed by atoms with Crippen LogP contribution in [-0.4, -0.2) is 35.3 Å². The van der Waals surface area contributed by atoms with Crippen molar-refractivity contribution in [2.75, 3.05) is 24.9 Å². The fourth-order valence-electron chi connectivity index (χ4n) is 2.45. The topological polar surface area (TPSA) is 106 Å². The number of methoxy groups -OCH3 is 2. The van der Waals surface area contributed by atoms with E-state index in [0.717, 1.165) is 0 Å². The second kappa shape index (κ2) is 8.05. The third-order valence-corrected chi connectivity index (χ3v) is 3.76. The van der Waals surface area contributed by atoms with Gasteiger partial charge in [-0.25, -0.2) is 14.8 Å². The summed E-state index contributed by atoms with van der Waals surface area (Å²) in [6, 6.07) is 13.6. The standard InChI is InChI=1S/C19H18N4O4/c1-26-12-7-8-15(16(9-12)27-2)23-18-10-17(20-11-21-18)22-14-6-4-3-5-13(14)19(24)25/h3-11H,1-2H3,(H,24,25)(H2,20,21,22,23). The molecule has 0 saturated carbocycles. The second-order valence-corrected chi connectivity index (χ2v) is 5.46. The molecule has 8 heteroatoms. The van der Waals surface area contributed by atoms with E-state index in [1.165, 1.54) is 12.4 Å². The molecule has 3 rings (SSSR count). The van der Waals surface area contributed by atoms with Crippen LogP contribution in [-0.2, 0) is 0 Å². The van der Waals surface area contributed by atoms with Gasteiger partial charge in [-0.3, -0.25) is 0 Å². The first-order valence-electron chi connectivity index (χ1n) is 8.01. The number of hydrogen-bond acceptors (Lipinski definition) is 7. The molecular formula is C19H18N4O4. The molecule has 0 amide bonds. The maximum atomic E-state index is 11.3. The predicted molar refractivity (Wildman–Crippen MR) is 102 cm³/mol. The molecule has 0 saturated heterocycles. The molecule has 0 fully saturated rings. The lowest BCUT2D eigenvalue weighted by atomic mass is 10.2. The molecule has 0 aliphatic carbocycles. The highest BCUT2D eigenvalue weighted by Gasteiger charge is 2.11. The summed E-state index contributed by atoms with van der Waals surface area (Å²) >= 11 is 0. The van der Waals surface area contributed by atoms with Crippen LogP contribution in [0.3, 0.4) is 0 Å². The van der Waals surface area contributed by atoms with E-state index in [2.05, 4.69) is 20.6 Å². The number of aromatic nitrogens is 2. The largest absolute Gasteiger partial charge is 0.497 e. The lowest BCUT2D eigenvalue weighted by molar-refractivity contribution is 0.0698. The molecule has 3 aromatic rings. The molecule has 1 heterocycles. The fraction of sp³-hybridized carbons (Fsp3) is 0.105. The number of carbonyl (C=O) groups is 1. The fourth-order valence-corrected chi connectivity index (χ4v) is 2.45. The van der Waals surface area contributed by atoms with Gasteiger partial charge in [-0.2, -0.15) is 0 Å². The third-order valence-electron chi connectivity index (χ3n) is 3.76. The van der Waals surface area contributed by atoms with Crippen molar-refractivity contribution in [2.45, 2.75) is 0 Å². The normalized spacial score (nSPS) is 10.1. The monoisotopic (exact) mass is 366 g/mol. The van der Waals surface area contributed by atoms with Gasteiger partial charge in [0.05, 0.1) is 31.2 Å². The molecule has 27 heavy (non-hydrogen) atoms. The number of anilines is 4. The number of aromatic carboxylic acids is 1. The number of benzene rings is 2. The van der Waals surface area contributed by atoms with Crippen molar-refractivity contribution in [1.82, 2.24) is 9.97 Å². The number of hydrogen-bond donors (Lipinski definition) is 3. The van der Waals surface area contributed by atoms with Gasteiger partial charge < -0.3 is 25.2 Å². The first-order valence-corrected chi connectivity index (χ1v) is 8.01. The van der Waals surface area contributed by atoms with Crippen molar-refractivity contribution < 1.29 is 19.4 Å². The van der Waals surface area contributed by atoms with Crippen LogP contribution < -0.4 is 20.1 Å². The van der Waals surface area contributed by atoms with Gasteiger partial charge >= 0.3 is 5.97 Å². The molecule has 8 nitrogen and oxygen atoms in total. The van der Waals surface area contributed by atoms with E-state index in [0.29, 0.717) is 34.5 Å². The summed E-state index contributed by atoms with van der Waals surface area (Å²) in [6.07, 6.45) is 1.38. The van der Waals surface area contributed by atoms with E-state index < -0.39 is 5.97 Å². The van der Waals surface area contributed by atoms with Crippen LogP contribution in [0.25, 0.3) is 0 Å². The Labute approximate surface area is 155 Å². The SMILES string of the molecule is COc1ccc(Nc2cc(Nc3ccccc3C(=O)O)ncn2)c(OC)c1. The summed E-state index contributed by atoms with van der Waals surface area (Å²) in [7, 11) is 3.15. The Balaban J connectivity index is 1.84. The highest BCUT2D eigenvalue weighted by atomic mass is 16.5. The number of para-hydroxylation sites is 1. The Bertz CT molecular complexity index is 962. The minimum absolute atomic E-state index is 0.155. The van der Waals surface area contributed by atoms with Gasteiger partial charge in [0.2, 0.25) is 0 Å². The zero-order valence-electron chi connectivity index (χ0n) is 14.8. The quantitative estimate of drug-likeness (QED) is 0.581. The van der Waals surface area contributed by atoms with E-state index in [1.54, 1.807) is 50.6 Å². The van der Waals surface area contributed by atoms with E-state index in [9.17, 15) is 9.90 Å². The van der Waals surface area contributed by atoms with Crippen LogP contribution >= 0.6 is 0 Å². The van der Waals surface area contributed by atoms with Crippen molar-refractivity contribution >= 4 is 29.0 Å². The van der Waals surface area contributed by atoms with Gasteiger partial charge in [0, 0.05) is 12.1 Å². The average molecular weight is 366 g/mol. The minimum Gasteiger partial charge on any atom is -0.497 e. The van der Waals surface area contributed by atoms with Crippen LogP contribution in [0.1, 0.15) is 10.4 Å². The van der Waals surface area contributed by atoms with Crippen molar-refractivity contribution in [3.05, 3.63) is 60.4 Å². The molecule has 0 aliphatic heterocycles. The maximum absolute atomic E-state index is 11.3. The molecule has 0 atom stereocenters. The Morgan fingerprint density at radius 3 is 2.30 bits per heavy atom. The Morgan fingerprint density at radius 2 is 1.63 bits per heavy atom. The molecule has 0 unspecified atom stereocenters. The zero-order chi connectivity index (χ0) is 19.2. The third kappa shape index (κ3) is 4.24. The van der Waals surface area contributed by atoms with Crippen LogP contribution in [0.5, 0.6) is 11.5 Å². The van der Waals surface area contributed by atoms with Crippen molar-refractivity contribution in [3.8, 4) is 11.5 Å². The first-order chi connectivity index (χ1) is 13.1. The Hall–Kier alpha value is -3.81. The van der Waals surface area contributed by atoms with E-state index in [4.69, 9.17) is 9.47 Å².